The van der Waals surface area contributed by atoms with Gasteiger partial charge in [0.05, 0.1) is 0 Å². The zero-order valence-electron chi connectivity index (χ0n) is 14.2. The first-order valence-electron chi connectivity index (χ1n) is 8.10. The van der Waals surface area contributed by atoms with Crippen LogP contribution in [0.25, 0.3) is 11.4 Å². The number of hydrogen-bond acceptors (Lipinski definition) is 3. The average Bonchev–Trinajstić information content (AvgIpc) is 3.15. The number of rotatable bonds is 2. The van der Waals surface area contributed by atoms with E-state index < -0.39 is 5.60 Å². The average molecular weight is 392 g/mol. The van der Waals surface area contributed by atoms with Crippen molar-refractivity contribution in [1.82, 2.24) is 14.9 Å². The molecule has 1 aromatic carbocycles. The van der Waals surface area contributed by atoms with Gasteiger partial charge in [-0.15, -0.1) is 0 Å². The van der Waals surface area contributed by atoms with Gasteiger partial charge in [0.15, 0.2) is 0 Å². The molecule has 1 amide bonds. The van der Waals surface area contributed by atoms with Gasteiger partial charge in [-0.2, -0.15) is 0 Å². The number of imidazole rings is 1. The van der Waals surface area contributed by atoms with Crippen LogP contribution in [0.4, 0.5) is 4.79 Å². The Morgan fingerprint density at radius 1 is 1.33 bits per heavy atom. The molecule has 1 fully saturated rings. The molecule has 24 heavy (non-hydrogen) atoms. The second kappa shape index (κ2) is 6.59. The summed E-state index contributed by atoms with van der Waals surface area (Å²) in [5.41, 5.74) is 1.66. The molecule has 0 saturated carbocycles. The Labute approximate surface area is 150 Å². The lowest BCUT2D eigenvalue weighted by atomic mass is 10.1. The van der Waals surface area contributed by atoms with Gasteiger partial charge in [-0.1, -0.05) is 28.1 Å². The maximum atomic E-state index is 12.2. The van der Waals surface area contributed by atoms with Gasteiger partial charge in [0, 0.05) is 40.9 Å². The van der Waals surface area contributed by atoms with Gasteiger partial charge in [0.25, 0.3) is 0 Å². The Morgan fingerprint density at radius 2 is 2.04 bits per heavy atom. The van der Waals surface area contributed by atoms with Crippen LogP contribution in [-0.4, -0.2) is 39.7 Å². The number of H-pyrrole nitrogens is 1. The summed E-state index contributed by atoms with van der Waals surface area (Å²) in [6.07, 6.45) is 2.56. The lowest BCUT2D eigenvalue weighted by Gasteiger charge is -2.24. The smallest absolute Gasteiger partial charge is 0.410 e. The highest BCUT2D eigenvalue weighted by molar-refractivity contribution is 9.10. The molecule has 2 aromatic rings. The molecule has 0 spiro atoms. The molecule has 1 aliphatic heterocycles. The van der Waals surface area contributed by atoms with E-state index in [4.69, 9.17) is 4.74 Å². The van der Waals surface area contributed by atoms with Crippen LogP contribution < -0.4 is 0 Å². The monoisotopic (exact) mass is 391 g/mol. The number of halogens is 1. The van der Waals surface area contributed by atoms with Crippen molar-refractivity contribution in [1.29, 1.82) is 0 Å². The number of hydrogen-bond donors (Lipinski definition) is 1. The molecule has 0 aliphatic carbocycles. The quantitative estimate of drug-likeness (QED) is 0.815. The maximum absolute atomic E-state index is 12.2. The molecular weight excluding hydrogens is 370 g/mol. The Kier molecular flexibility index (Phi) is 4.67. The third kappa shape index (κ3) is 3.98. The van der Waals surface area contributed by atoms with Gasteiger partial charge in [-0.3, -0.25) is 0 Å². The van der Waals surface area contributed by atoms with Crippen LogP contribution in [0.15, 0.2) is 34.9 Å². The van der Waals surface area contributed by atoms with E-state index in [-0.39, 0.29) is 12.0 Å². The Hall–Kier alpha value is -1.82. The van der Waals surface area contributed by atoms with Gasteiger partial charge in [0.2, 0.25) is 0 Å². The topological polar surface area (TPSA) is 58.2 Å². The largest absolute Gasteiger partial charge is 0.444 e. The summed E-state index contributed by atoms with van der Waals surface area (Å²) in [6, 6.07) is 8.04. The fourth-order valence-electron chi connectivity index (χ4n) is 2.80. The summed E-state index contributed by atoms with van der Waals surface area (Å²) in [4.78, 5) is 21.8. The van der Waals surface area contributed by atoms with Crippen LogP contribution >= 0.6 is 15.9 Å². The number of benzene rings is 1. The summed E-state index contributed by atoms with van der Waals surface area (Å²) in [6.45, 7) is 7.04. The first-order valence-corrected chi connectivity index (χ1v) is 8.90. The van der Waals surface area contributed by atoms with Crippen molar-refractivity contribution in [2.24, 2.45) is 0 Å². The molecule has 1 saturated heterocycles. The number of likely N-dealkylation sites (tertiary alicyclic amines) is 1. The first-order chi connectivity index (χ1) is 11.3. The van der Waals surface area contributed by atoms with Crippen LogP contribution in [0.3, 0.4) is 0 Å². The highest BCUT2D eigenvalue weighted by atomic mass is 79.9. The lowest BCUT2D eigenvalue weighted by Crippen LogP contribution is -2.35. The summed E-state index contributed by atoms with van der Waals surface area (Å²) >= 11 is 3.44. The minimum atomic E-state index is -0.460. The summed E-state index contributed by atoms with van der Waals surface area (Å²) in [7, 11) is 0. The third-order valence-corrected chi connectivity index (χ3v) is 4.52. The zero-order chi connectivity index (χ0) is 17.3. The van der Waals surface area contributed by atoms with Gasteiger partial charge in [-0.25, -0.2) is 9.78 Å². The van der Waals surface area contributed by atoms with Gasteiger partial charge in [-0.05, 0) is 39.3 Å². The number of carbonyl (C=O) groups is 1. The number of carbonyl (C=O) groups excluding carboxylic acids is 1. The molecule has 5 nitrogen and oxygen atoms in total. The number of nitrogens with zero attached hydrogens (tertiary/aromatic N) is 2. The summed E-state index contributed by atoms with van der Waals surface area (Å²) in [5, 5.41) is 0. The second-order valence-corrected chi connectivity index (χ2v) is 8.02. The fraction of sp³-hybridized carbons (Fsp3) is 0.444. The van der Waals surface area contributed by atoms with Gasteiger partial charge in [0.1, 0.15) is 11.4 Å². The lowest BCUT2D eigenvalue weighted by molar-refractivity contribution is 0.0292. The third-order valence-electron chi connectivity index (χ3n) is 3.99. The molecular formula is C18H22BrN3O2. The van der Waals surface area contributed by atoms with E-state index in [0.29, 0.717) is 13.1 Å². The Morgan fingerprint density at radius 3 is 2.71 bits per heavy atom. The van der Waals surface area contributed by atoms with E-state index in [1.165, 1.54) is 0 Å². The minimum absolute atomic E-state index is 0.238. The number of amides is 1. The van der Waals surface area contributed by atoms with Crippen molar-refractivity contribution in [3.05, 3.63) is 40.6 Å². The summed E-state index contributed by atoms with van der Waals surface area (Å²) in [5.74, 6) is 1.13. The highest BCUT2D eigenvalue weighted by Crippen LogP contribution is 2.29. The van der Waals surface area contributed by atoms with E-state index in [2.05, 4.69) is 25.9 Å². The molecule has 1 unspecified atom stereocenters. The van der Waals surface area contributed by atoms with Crippen LogP contribution in [0.2, 0.25) is 0 Å². The van der Waals surface area contributed by atoms with Crippen molar-refractivity contribution in [3.8, 4) is 11.4 Å². The number of aromatic nitrogens is 2. The Balaban J connectivity index is 1.66. The molecule has 1 atom stereocenters. The van der Waals surface area contributed by atoms with E-state index in [1.54, 1.807) is 4.90 Å². The fourth-order valence-corrected chi connectivity index (χ4v) is 3.07. The number of ether oxygens (including phenoxy) is 1. The molecule has 1 aliphatic rings. The number of nitrogens with one attached hydrogen (secondary N) is 1. The second-order valence-electron chi connectivity index (χ2n) is 7.11. The van der Waals surface area contributed by atoms with Crippen molar-refractivity contribution in [2.45, 2.75) is 38.7 Å². The van der Waals surface area contributed by atoms with E-state index in [1.807, 2.05) is 51.2 Å². The number of aromatic amines is 1. The first kappa shape index (κ1) is 17.0. The molecule has 1 N–H and O–H groups in total. The maximum Gasteiger partial charge on any atom is 0.410 e. The predicted molar refractivity (Wildman–Crippen MR) is 96.9 cm³/mol. The molecule has 1 aromatic heterocycles. The molecule has 6 heteroatoms. The van der Waals surface area contributed by atoms with E-state index in [9.17, 15) is 4.79 Å². The molecule has 128 valence electrons. The molecule has 3 rings (SSSR count). The molecule has 0 bridgehead atoms. The van der Waals surface area contributed by atoms with Crippen LogP contribution in [0.5, 0.6) is 0 Å². The highest BCUT2D eigenvalue weighted by Gasteiger charge is 2.31. The molecule has 2 heterocycles. The van der Waals surface area contributed by atoms with Crippen molar-refractivity contribution in [2.75, 3.05) is 13.1 Å². The van der Waals surface area contributed by atoms with E-state index >= 15 is 0 Å². The van der Waals surface area contributed by atoms with Gasteiger partial charge < -0.3 is 14.6 Å². The SMILES string of the molecule is CC(C)(C)OC(=O)N1CCC(c2cnc(-c3ccc(Br)cc3)[nH]2)C1. The normalized spacial score (nSPS) is 18.0. The predicted octanol–water partition coefficient (Wildman–Crippen LogP) is 4.56. The Bertz CT molecular complexity index is 719. The van der Waals surface area contributed by atoms with Crippen LogP contribution in [0, 0.1) is 0 Å². The van der Waals surface area contributed by atoms with Crippen LogP contribution in [-0.2, 0) is 4.74 Å². The van der Waals surface area contributed by atoms with Crippen LogP contribution in [0.1, 0.15) is 38.8 Å². The summed E-state index contributed by atoms with van der Waals surface area (Å²) < 4.78 is 6.49. The zero-order valence-corrected chi connectivity index (χ0v) is 15.8. The molecule has 0 radical (unpaired) electrons. The van der Waals surface area contributed by atoms with Crippen molar-refractivity contribution < 1.29 is 9.53 Å². The van der Waals surface area contributed by atoms with Gasteiger partial charge >= 0.3 is 6.09 Å². The van der Waals surface area contributed by atoms with Crippen molar-refractivity contribution in [3.63, 3.8) is 0 Å². The van der Waals surface area contributed by atoms with Crippen molar-refractivity contribution >= 4 is 22.0 Å². The minimum Gasteiger partial charge on any atom is -0.444 e. The standard InChI is InChI=1S/C18H22BrN3O2/c1-18(2,3)24-17(23)22-9-8-13(11-22)15-10-20-16(21-15)12-4-6-14(19)7-5-12/h4-7,10,13H,8-9,11H2,1-3H3,(H,20,21). The van der Waals surface area contributed by atoms with E-state index in [0.717, 1.165) is 28.0 Å².